The van der Waals surface area contributed by atoms with E-state index in [1.807, 2.05) is 48.5 Å². The maximum Gasteiger partial charge on any atom is 0.241 e. The Bertz CT molecular complexity index is 843. The van der Waals surface area contributed by atoms with E-state index in [4.69, 9.17) is 0 Å². The minimum atomic E-state index is -0.270. The number of rotatable bonds is 6. The number of hydrogen-bond acceptors (Lipinski definition) is 2. The van der Waals surface area contributed by atoms with Gasteiger partial charge in [-0.1, -0.05) is 74.5 Å². The molecule has 3 rings (SSSR count). The molecule has 1 unspecified atom stereocenters. The summed E-state index contributed by atoms with van der Waals surface area (Å²) in [6.07, 6.45) is 0.665. The second kappa shape index (κ2) is 7.95. The summed E-state index contributed by atoms with van der Waals surface area (Å²) in [7, 11) is 0. The number of amides is 1. The van der Waals surface area contributed by atoms with Gasteiger partial charge in [0.1, 0.15) is 0 Å². The van der Waals surface area contributed by atoms with E-state index in [9.17, 15) is 4.79 Å². The summed E-state index contributed by atoms with van der Waals surface area (Å²) < 4.78 is 0. The van der Waals surface area contributed by atoms with Crippen LogP contribution in [-0.4, -0.2) is 18.0 Å². The molecule has 0 saturated carbocycles. The molecule has 3 nitrogen and oxygen atoms in total. The van der Waals surface area contributed by atoms with Crippen molar-refractivity contribution in [2.75, 3.05) is 5.32 Å². The van der Waals surface area contributed by atoms with Crippen LogP contribution in [0, 0.1) is 0 Å². The molecule has 25 heavy (non-hydrogen) atoms. The summed E-state index contributed by atoms with van der Waals surface area (Å²) in [5.41, 5.74) is 1.97. The molecule has 0 aromatic heterocycles. The van der Waals surface area contributed by atoms with Crippen molar-refractivity contribution in [3.05, 3.63) is 78.4 Å². The van der Waals surface area contributed by atoms with Crippen LogP contribution in [0.2, 0.25) is 0 Å². The molecule has 3 aromatic rings. The number of carbonyl (C=O) groups is 1. The summed E-state index contributed by atoms with van der Waals surface area (Å²) in [6, 6.07) is 24.2. The molecular weight excluding hydrogens is 308 g/mol. The molecule has 1 atom stereocenters. The molecule has 0 fully saturated rings. The van der Waals surface area contributed by atoms with E-state index >= 15 is 0 Å². The highest BCUT2D eigenvalue weighted by molar-refractivity contribution is 5.97. The quantitative estimate of drug-likeness (QED) is 0.703. The molecule has 128 valence electrons. The lowest BCUT2D eigenvalue weighted by Crippen LogP contribution is -2.45. The summed E-state index contributed by atoms with van der Waals surface area (Å²) in [5, 5.41) is 8.72. The van der Waals surface area contributed by atoms with Crippen molar-refractivity contribution < 1.29 is 4.79 Å². The van der Waals surface area contributed by atoms with Gasteiger partial charge in [0.15, 0.2) is 0 Å². The van der Waals surface area contributed by atoms with Gasteiger partial charge in [0.25, 0.3) is 0 Å². The van der Waals surface area contributed by atoms with Crippen molar-refractivity contribution in [3.8, 4) is 0 Å². The minimum Gasteiger partial charge on any atom is -0.325 e. The minimum absolute atomic E-state index is 0.00664. The first-order valence-electron chi connectivity index (χ1n) is 8.71. The fourth-order valence-electron chi connectivity index (χ4n) is 2.98. The molecule has 0 heterocycles. The predicted molar refractivity (Wildman–Crippen MR) is 105 cm³/mol. The van der Waals surface area contributed by atoms with Crippen molar-refractivity contribution in [2.45, 2.75) is 32.4 Å². The summed E-state index contributed by atoms with van der Waals surface area (Å²) in [6.45, 7) is 4.11. The molecule has 0 bridgehead atoms. The average molecular weight is 332 g/mol. The molecular formula is C22H24N2O. The van der Waals surface area contributed by atoms with Gasteiger partial charge < -0.3 is 10.6 Å². The SMILES string of the molecule is CC(C)NC(Cc1ccccc1)C(=O)Nc1ccc2ccccc2c1. The van der Waals surface area contributed by atoms with Gasteiger partial charge in [0, 0.05) is 11.7 Å². The monoisotopic (exact) mass is 332 g/mol. The molecule has 0 aliphatic carbocycles. The van der Waals surface area contributed by atoms with E-state index in [0.29, 0.717) is 6.42 Å². The van der Waals surface area contributed by atoms with Crippen LogP contribution >= 0.6 is 0 Å². The van der Waals surface area contributed by atoms with Gasteiger partial charge in [-0.2, -0.15) is 0 Å². The summed E-state index contributed by atoms with van der Waals surface area (Å²) in [5.74, 6) is -0.00664. The lowest BCUT2D eigenvalue weighted by atomic mass is 10.0. The molecule has 0 aliphatic rings. The van der Waals surface area contributed by atoms with Crippen molar-refractivity contribution >= 4 is 22.4 Å². The first-order chi connectivity index (χ1) is 12.1. The van der Waals surface area contributed by atoms with Crippen LogP contribution in [0.4, 0.5) is 5.69 Å². The van der Waals surface area contributed by atoms with Crippen molar-refractivity contribution in [2.24, 2.45) is 0 Å². The number of hydrogen-bond donors (Lipinski definition) is 2. The highest BCUT2D eigenvalue weighted by Crippen LogP contribution is 2.19. The van der Waals surface area contributed by atoms with Crippen LogP contribution in [-0.2, 0) is 11.2 Å². The van der Waals surface area contributed by atoms with Gasteiger partial charge in [0.2, 0.25) is 5.91 Å². The molecule has 3 aromatic carbocycles. The zero-order valence-corrected chi connectivity index (χ0v) is 14.7. The Hall–Kier alpha value is -2.65. The first-order valence-corrected chi connectivity index (χ1v) is 8.71. The zero-order valence-electron chi connectivity index (χ0n) is 14.7. The van der Waals surface area contributed by atoms with E-state index in [1.165, 1.54) is 5.39 Å². The fourth-order valence-corrected chi connectivity index (χ4v) is 2.98. The molecule has 0 radical (unpaired) electrons. The van der Waals surface area contributed by atoms with Gasteiger partial charge in [-0.15, -0.1) is 0 Å². The highest BCUT2D eigenvalue weighted by Gasteiger charge is 2.19. The van der Waals surface area contributed by atoms with E-state index < -0.39 is 0 Å². The Balaban J connectivity index is 1.76. The first kappa shape index (κ1) is 17.2. The van der Waals surface area contributed by atoms with Crippen molar-refractivity contribution in [3.63, 3.8) is 0 Å². The van der Waals surface area contributed by atoms with Crippen LogP contribution in [0.25, 0.3) is 10.8 Å². The van der Waals surface area contributed by atoms with E-state index in [2.05, 4.69) is 48.7 Å². The van der Waals surface area contributed by atoms with Gasteiger partial charge in [-0.25, -0.2) is 0 Å². The molecule has 0 aliphatic heterocycles. The van der Waals surface area contributed by atoms with Crippen LogP contribution in [0.1, 0.15) is 19.4 Å². The number of fused-ring (bicyclic) bond motifs is 1. The molecule has 2 N–H and O–H groups in total. The number of nitrogens with one attached hydrogen (secondary N) is 2. The standard InChI is InChI=1S/C22H24N2O/c1-16(2)23-21(14-17-8-4-3-5-9-17)22(25)24-20-13-12-18-10-6-7-11-19(18)15-20/h3-13,15-16,21,23H,14H2,1-2H3,(H,24,25). The predicted octanol–water partition coefficient (Wildman–Crippen LogP) is 4.39. The van der Waals surface area contributed by atoms with E-state index in [1.54, 1.807) is 0 Å². The third kappa shape index (κ3) is 4.68. The van der Waals surface area contributed by atoms with Crippen LogP contribution < -0.4 is 10.6 Å². The second-order valence-electron chi connectivity index (χ2n) is 6.61. The van der Waals surface area contributed by atoms with E-state index in [-0.39, 0.29) is 18.0 Å². The second-order valence-corrected chi connectivity index (χ2v) is 6.61. The third-order valence-corrected chi connectivity index (χ3v) is 4.15. The Kier molecular flexibility index (Phi) is 5.46. The Morgan fingerprint density at radius 1 is 0.880 bits per heavy atom. The number of benzene rings is 3. The summed E-state index contributed by atoms with van der Waals surface area (Å²) >= 11 is 0. The lowest BCUT2D eigenvalue weighted by molar-refractivity contribution is -0.118. The molecule has 0 saturated heterocycles. The Morgan fingerprint density at radius 2 is 1.56 bits per heavy atom. The van der Waals surface area contributed by atoms with Crippen LogP contribution in [0.3, 0.4) is 0 Å². The van der Waals surface area contributed by atoms with Crippen molar-refractivity contribution in [1.29, 1.82) is 0 Å². The Labute approximate surface area is 149 Å². The van der Waals surface area contributed by atoms with Crippen LogP contribution in [0.15, 0.2) is 72.8 Å². The zero-order chi connectivity index (χ0) is 17.6. The smallest absolute Gasteiger partial charge is 0.241 e. The van der Waals surface area contributed by atoms with E-state index in [0.717, 1.165) is 16.6 Å². The maximum atomic E-state index is 12.8. The maximum absolute atomic E-state index is 12.8. The van der Waals surface area contributed by atoms with Gasteiger partial charge in [-0.05, 0) is 34.9 Å². The number of carbonyl (C=O) groups excluding carboxylic acids is 1. The highest BCUT2D eigenvalue weighted by atomic mass is 16.2. The van der Waals surface area contributed by atoms with Crippen molar-refractivity contribution in [1.82, 2.24) is 5.32 Å². The normalized spacial score (nSPS) is 12.3. The van der Waals surface area contributed by atoms with Gasteiger partial charge in [0.05, 0.1) is 6.04 Å². The largest absolute Gasteiger partial charge is 0.325 e. The lowest BCUT2D eigenvalue weighted by Gasteiger charge is -2.21. The third-order valence-electron chi connectivity index (χ3n) is 4.15. The molecule has 1 amide bonds. The topological polar surface area (TPSA) is 41.1 Å². The van der Waals surface area contributed by atoms with Crippen LogP contribution in [0.5, 0.6) is 0 Å². The van der Waals surface area contributed by atoms with Gasteiger partial charge in [-0.3, -0.25) is 4.79 Å². The number of anilines is 1. The molecule has 0 spiro atoms. The fraction of sp³-hybridized carbons (Fsp3) is 0.227. The van der Waals surface area contributed by atoms with Gasteiger partial charge >= 0.3 is 0 Å². The summed E-state index contributed by atoms with van der Waals surface area (Å²) in [4.78, 5) is 12.8. The average Bonchev–Trinajstić information content (AvgIpc) is 2.61. The molecule has 3 heteroatoms. The Morgan fingerprint density at radius 3 is 2.28 bits per heavy atom.